The molecule has 1 rings (SSSR count). The van der Waals surface area contributed by atoms with Crippen molar-refractivity contribution in [2.45, 2.75) is 25.3 Å². The zero-order chi connectivity index (χ0) is 10.6. The summed E-state index contributed by atoms with van der Waals surface area (Å²) in [5.74, 6) is -0.520. The lowest BCUT2D eigenvalue weighted by Gasteiger charge is -2.14. The highest BCUT2D eigenvalue weighted by atomic mass is 16.2. The quantitative estimate of drug-likeness (QED) is 0.580. The summed E-state index contributed by atoms with van der Waals surface area (Å²) < 4.78 is 0. The van der Waals surface area contributed by atoms with Gasteiger partial charge in [-0.2, -0.15) is 0 Å². The fourth-order valence-corrected chi connectivity index (χ4v) is 1.18. The first-order valence-electron chi connectivity index (χ1n) is 4.85. The predicted octanol–water partition coefficient (Wildman–Crippen LogP) is -0.928. The minimum atomic E-state index is -0.476. The fourth-order valence-electron chi connectivity index (χ4n) is 1.18. The Balaban J connectivity index is 2.08. The number of likely N-dealkylation sites (N-methyl/N-ethyl adjacent to an activating group) is 1. The molecule has 0 aromatic rings. The number of carbonyl (C=O) groups excluding carboxylic acids is 2. The molecule has 1 aliphatic carbocycles. The number of rotatable bonds is 6. The number of nitrogens with two attached hydrogens (primary N) is 1. The number of carbonyl (C=O) groups is 2. The van der Waals surface area contributed by atoms with Gasteiger partial charge in [0.2, 0.25) is 11.8 Å². The zero-order valence-corrected chi connectivity index (χ0v) is 8.45. The SMILES string of the molecule is CN(CC(N)=O)C(=O)CCNC1CC1. The van der Waals surface area contributed by atoms with Crippen molar-refractivity contribution >= 4 is 11.8 Å². The van der Waals surface area contributed by atoms with E-state index in [2.05, 4.69) is 5.32 Å². The number of nitrogens with zero attached hydrogens (tertiary/aromatic N) is 1. The van der Waals surface area contributed by atoms with Crippen LogP contribution in [0.3, 0.4) is 0 Å². The molecule has 0 spiro atoms. The molecule has 14 heavy (non-hydrogen) atoms. The van der Waals surface area contributed by atoms with Crippen LogP contribution in [-0.2, 0) is 9.59 Å². The number of amides is 2. The van der Waals surface area contributed by atoms with Crippen LogP contribution in [0.1, 0.15) is 19.3 Å². The Hall–Kier alpha value is -1.10. The smallest absolute Gasteiger partial charge is 0.237 e. The third-order valence-electron chi connectivity index (χ3n) is 2.17. The lowest BCUT2D eigenvalue weighted by molar-refractivity contribution is -0.133. The van der Waals surface area contributed by atoms with Gasteiger partial charge in [0.05, 0.1) is 6.54 Å². The molecule has 0 unspecified atom stereocenters. The molecule has 1 saturated carbocycles. The first-order valence-corrected chi connectivity index (χ1v) is 4.85. The van der Waals surface area contributed by atoms with E-state index in [4.69, 9.17) is 5.73 Å². The number of hydrogen-bond donors (Lipinski definition) is 2. The van der Waals surface area contributed by atoms with Gasteiger partial charge in [-0.05, 0) is 12.8 Å². The standard InChI is InChI=1S/C9H17N3O2/c1-12(6-8(10)13)9(14)4-5-11-7-2-3-7/h7,11H,2-6H2,1H3,(H2,10,13). The van der Waals surface area contributed by atoms with Gasteiger partial charge in [-0.15, -0.1) is 0 Å². The zero-order valence-electron chi connectivity index (χ0n) is 8.45. The van der Waals surface area contributed by atoms with E-state index in [9.17, 15) is 9.59 Å². The summed E-state index contributed by atoms with van der Waals surface area (Å²) >= 11 is 0. The Kier molecular flexibility index (Phi) is 3.88. The van der Waals surface area contributed by atoms with Crippen molar-refractivity contribution in [3.05, 3.63) is 0 Å². The van der Waals surface area contributed by atoms with E-state index in [1.165, 1.54) is 17.7 Å². The second-order valence-electron chi connectivity index (χ2n) is 3.69. The molecule has 0 aromatic carbocycles. The number of hydrogen-bond acceptors (Lipinski definition) is 3. The highest BCUT2D eigenvalue weighted by Gasteiger charge is 2.20. The molecular formula is C9H17N3O2. The number of nitrogens with one attached hydrogen (secondary N) is 1. The van der Waals surface area contributed by atoms with E-state index in [1.54, 1.807) is 7.05 Å². The normalized spacial score (nSPS) is 15.2. The van der Waals surface area contributed by atoms with Crippen LogP contribution in [0.4, 0.5) is 0 Å². The van der Waals surface area contributed by atoms with E-state index in [0.717, 1.165) is 0 Å². The molecule has 2 amide bonds. The predicted molar refractivity (Wildman–Crippen MR) is 52.5 cm³/mol. The van der Waals surface area contributed by atoms with Gasteiger partial charge in [0.15, 0.2) is 0 Å². The molecule has 0 bridgehead atoms. The fraction of sp³-hybridized carbons (Fsp3) is 0.778. The highest BCUT2D eigenvalue weighted by Crippen LogP contribution is 2.18. The van der Waals surface area contributed by atoms with Gasteiger partial charge in [0.1, 0.15) is 0 Å². The van der Waals surface area contributed by atoms with Crippen LogP contribution in [0, 0.1) is 0 Å². The monoisotopic (exact) mass is 199 g/mol. The van der Waals surface area contributed by atoms with Gasteiger partial charge >= 0.3 is 0 Å². The van der Waals surface area contributed by atoms with Crippen molar-refractivity contribution in [1.29, 1.82) is 0 Å². The minimum absolute atomic E-state index is 0.00224. The number of primary amides is 1. The largest absolute Gasteiger partial charge is 0.368 e. The Labute approximate surface area is 83.6 Å². The van der Waals surface area contributed by atoms with E-state index < -0.39 is 5.91 Å². The van der Waals surface area contributed by atoms with Crippen molar-refractivity contribution in [3.63, 3.8) is 0 Å². The van der Waals surface area contributed by atoms with Crippen LogP contribution < -0.4 is 11.1 Å². The Morgan fingerprint density at radius 3 is 2.64 bits per heavy atom. The first kappa shape index (κ1) is 11.0. The summed E-state index contributed by atoms with van der Waals surface area (Å²) in [6.07, 6.45) is 2.86. The Morgan fingerprint density at radius 2 is 2.14 bits per heavy atom. The van der Waals surface area contributed by atoms with Crippen molar-refractivity contribution in [1.82, 2.24) is 10.2 Å². The third-order valence-corrected chi connectivity index (χ3v) is 2.17. The summed E-state index contributed by atoms with van der Waals surface area (Å²) in [6, 6.07) is 0.615. The molecule has 1 fully saturated rings. The molecule has 3 N–H and O–H groups in total. The van der Waals surface area contributed by atoms with E-state index >= 15 is 0 Å². The summed E-state index contributed by atoms with van der Waals surface area (Å²) in [7, 11) is 1.59. The molecule has 5 heteroatoms. The van der Waals surface area contributed by atoms with Crippen LogP contribution in [0.25, 0.3) is 0 Å². The summed E-state index contributed by atoms with van der Waals surface area (Å²) in [5, 5.41) is 3.23. The molecule has 0 heterocycles. The molecular weight excluding hydrogens is 182 g/mol. The molecule has 0 aromatic heterocycles. The Bertz CT molecular complexity index is 226. The maximum atomic E-state index is 11.4. The van der Waals surface area contributed by atoms with Crippen LogP contribution in [-0.4, -0.2) is 42.9 Å². The maximum Gasteiger partial charge on any atom is 0.237 e. The molecule has 0 saturated heterocycles. The van der Waals surface area contributed by atoms with Gasteiger partial charge < -0.3 is 16.0 Å². The van der Waals surface area contributed by atoms with Gasteiger partial charge in [0.25, 0.3) is 0 Å². The van der Waals surface area contributed by atoms with Crippen molar-refractivity contribution in [2.24, 2.45) is 5.73 Å². The third kappa shape index (κ3) is 4.23. The van der Waals surface area contributed by atoms with Crippen molar-refractivity contribution in [3.8, 4) is 0 Å². The molecule has 0 aliphatic heterocycles. The van der Waals surface area contributed by atoms with Crippen LogP contribution >= 0.6 is 0 Å². The van der Waals surface area contributed by atoms with Gasteiger partial charge in [-0.1, -0.05) is 0 Å². The molecule has 5 nitrogen and oxygen atoms in total. The second-order valence-corrected chi connectivity index (χ2v) is 3.69. The minimum Gasteiger partial charge on any atom is -0.368 e. The summed E-state index contributed by atoms with van der Waals surface area (Å²) in [6.45, 7) is 0.689. The van der Waals surface area contributed by atoms with E-state index in [1.807, 2.05) is 0 Å². The highest BCUT2D eigenvalue weighted by molar-refractivity contribution is 5.83. The van der Waals surface area contributed by atoms with Crippen LogP contribution in [0.15, 0.2) is 0 Å². The topological polar surface area (TPSA) is 75.4 Å². The van der Waals surface area contributed by atoms with Crippen LogP contribution in [0.5, 0.6) is 0 Å². The lowest BCUT2D eigenvalue weighted by atomic mass is 10.3. The average Bonchev–Trinajstić information content (AvgIpc) is 2.86. The molecule has 0 radical (unpaired) electrons. The van der Waals surface area contributed by atoms with Crippen molar-refractivity contribution < 1.29 is 9.59 Å². The summed E-state index contributed by atoms with van der Waals surface area (Å²) in [4.78, 5) is 23.2. The average molecular weight is 199 g/mol. The van der Waals surface area contributed by atoms with E-state index in [-0.39, 0.29) is 12.5 Å². The second kappa shape index (κ2) is 4.95. The molecule has 1 aliphatic rings. The molecule has 80 valence electrons. The van der Waals surface area contributed by atoms with Gasteiger partial charge in [-0.3, -0.25) is 9.59 Å². The van der Waals surface area contributed by atoms with Crippen molar-refractivity contribution in [2.75, 3.05) is 20.1 Å². The lowest BCUT2D eigenvalue weighted by Crippen LogP contribution is -2.36. The maximum absolute atomic E-state index is 11.4. The molecule has 0 atom stereocenters. The van der Waals surface area contributed by atoms with Crippen LogP contribution in [0.2, 0.25) is 0 Å². The summed E-state index contributed by atoms with van der Waals surface area (Å²) in [5.41, 5.74) is 4.97. The van der Waals surface area contributed by atoms with E-state index in [0.29, 0.717) is 19.0 Å². The van der Waals surface area contributed by atoms with Gasteiger partial charge in [-0.25, -0.2) is 0 Å². The van der Waals surface area contributed by atoms with Gasteiger partial charge in [0, 0.05) is 26.1 Å². The Morgan fingerprint density at radius 1 is 1.50 bits per heavy atom. The first-order chi connectivity index (χ1) is 6.59.